The van der Waals surface area contributed by atoms with Gasteiger partial charge in [0.1, 0.15) is 11.8 Å². The first-order valence-electron chi connectivity index (χ1n) is 8.60. The third-order valence-electron chi connectivity index (χ3n) is 4.83. The van der Waals surface area contributed by atoms with Crippen LogP contribution < -0.4 is 5.32 Å². The van der Waals surface area contributed by atoms with Crippen molar-refractivity contribution in [3.05, 3.63) is 23.2 Å². The van der Waals surface area contributed by atoms with Crippen molar-refractivity contribution in [2.24, 2.45) is 0 Å². The molecule has 2 rings (SSSR count). The Morgan fingerprint density at radius 1 is 1.44 bits per heavy atom. The molecule has 0 aliphatic carbocycles. The zero-order valence-electron chi connectivity index (χ0n) is 15.6. The van der Waals surface area contributed by atoms with Crippen molar-refractivity contribution >= 4 is 17.7 Å². The van der Waals surface area contributed by atoms with Gasteiger partial charge in [0.05, 0.1) is 0 Å². The molecule has 1 aromatic rings. The molecule has 0 spiro atoms. The van der Waals surface area contributed by atoms with E-state index in [1.54, 1.807) is 25.9 Å². The first kappa shape index (κ1) is 19.0. The van der Waals surface area contributed by atoms with Gasteiger partial charge in [0, 0.05) is 38.7 Å². The molecule has 1 saturated heterocycles. The Morgan fingerprint density at radius 2 is 2.12 bits per heavy atom. The molecule has 2 heterocycles. The van der Waals surface area contributed by atoms with Crippen LogP contribution in [0.4, 0.5) is 0 Å². The summed E-state index contributed by atoms with van der Waals surface area (Å²) in [6.07, 6.45) is 1.91. The number of hydrogen-bond acceptors (Lipinski definition) is 4. The van der Waals surface area contributed by atoms with E-state index in [2.05, 4.69) is 5.32 Å². The number of aryl methyl sites for hydroxylation is 2. The number of carbonyl (C=O) groups excluding carboxylic acids is 3. The normalized spacial score (nSPS) is 18.8. The van der Waals surface area contributed by atoms with Gasteiger partial charge in [0.25, 0.3) is 5.91 Å². The zero-order valence-corrected chi connectivity index (χ0v) is 15.6. The smallest absolute Gasteiger partial charge is 0.287 e. The maximum absolute atomic E-state index is 12.7. The SMILES string of the molecule is Cc1cc(C)c(C(=O)NCC(C)N(C)C(=O)C2CCCC(=O)N2C)o1. The van der Waals surface area contributed by atoms with Crippen LogP contribution >= 0.6 is 0 Å². The van der Waals surface area contributed by atoms with Gasteiger partial charge in [-0.2, -0.15) is 0 Å². The van der Waals surface area contributed by atoms with E-state index in [9.17, 15) is 14.4 Å². The largest absolute Gasteiger partial charge is 0.456 e. The lowest BCUT2D eigenvalue weighted by Crippen LogP contribution is -2.53. The van der Waals surface area contributed by atoms with Crippen molar-refractivity contribution in [1.82, 2.24) is 15.1 Å². The molecule has 2 atom stereocenters. The second-order valence-electron chi connectivity index (χ2n) is 6.79. The molecule has 1 fully saturated rings. The van der Waals surface area contributed by atoms with E-state index in [0.29, 0.717) is 30.9 Å². The maximum atomic E-state index is 12.7. The van der Waals surface area contributed by atoms with Crippen LogP contribution in [0.15, 0.2) is 10.5 Å². The minimum Gasteiger partial charge on any atom is -0.456 e. The van der Waals surface area contributed by atoms with Crippen molar-refractivity contribution < 1.29 is 18.8 Å². The number of likely N-dealkylation sites (N-methyl/N-ethyl adjacent to an activating group) is 2. The Morgan fingerprint density at radius 3 is 2.72 bits per heavy atom. The van der Waals surface area contributed by atoms with E-state index in [-0.39, 0.29) is 23.8 Å². The number of rotatable bonds is 5. The van der Waals surface area contributed by atoms with Gasteiger partial charge in [0.2, 0.25) is 11.8 Å². The van der Waals surface area contributed by atoms with Crippen LogP contribution in [-0.2, 0) is 9.59 Å². The lowest BCUT2D eigenvalue weighted by molar-refractivity contribution is -0.147. The number of likely N-dealkylation sites (tertiary alicyclic amines) is 1. The highest BCUT2D eigenvalue weighted by atomic mass is 16.3. The van der Waals surface area contributed by atoms with E-state index >= 15 is 0 Å². The molecule has 0 bridgehead atoms. The summed E-state index contributed by atoms with van der Waals surface area (Å²) in [7, 11) is 3.38. The predicted molar refractivity (Wildman–Crippen MR) is 93.2 cm³/mol. The minimum atomic E-state index is -0.417. The van der Waals surface area contributed by atoms with Gasteiger partial charge < -0.3 is 19.5 Å². The Balaban J connectivity index is 1.92. The lowest BCUT2D eigenvalue weighted by atomic mass is 10.0. The van der Waals surface area contributed by atoms with Crippen LogP contribution in [0.3, 0.4) is 0 Å². The number of piperidine rings is 1. The Labute approximate surface area is 148 Å². The highest BCUT2D eigenvalue weighted by Gasteiger charge is 2.33. The number of furan rings is 1. The summed E-state index contributed by atoms with van der Waals surface area (Å²) in [4.78, 5) is 39.8. The Kier molecular flexibility index (Phi) is 5.87. The topological polar surface area (TPSA) is 82.9 Å². The van der Waals surface area contributed by atoms with Gasteiger partial charge in [-0.05, 0) is 39.7 Å². The first-order valence-corrected chi connectivity index (χ1v) is 8.60. The average molecular weight is 349 g/mol. The monoisotopic (exact) mass is 349 g/mol. The second kappa shape index (κ2) is 7.72. The first-order chi connectivity index (χ1) is 11.7. The van der Waals surface area contributed by atoms with Crippen molar-refractivity contribution in [1.29, 1.82) is 0 Å². The molecule has 0 saturated carbocycles. The predicted octanol–water partition coefficient (Wildman–Crippen LogP) is 1.48. The quantitative estimate of drug-likeness (QED) is 0.873. The third kappa shape index (κ3) is 4.21. The van der Waals surface area contributed by atoms with Gasteiger partial charge in [-0.3, -0.25) is 14.4 Å². The van der Waals surface area contributed by atoms with E-state index in [0.717, 1.165) is 12.0 Å². The third-order valence-corrected chi connectivity index (χ3v) is 4.83. The van der Waals surface area contributed by atoms with E-state index in [1.165, 1.54) is 4.90 Å². The van der Waals surface area contributed by atoms with E-state index in [1.807, 2.05) is 19.9 Å². The molecule has 138 valence electrons. The standard InChI is InChI=1S/C18H27N3O4/c1-11-9-13(3)25-16(11)17(23)19-10-12(2)20(4)18(24)14-7-6-8-15(22)21(14)5/h9,12,14H,6-8,10H2,1-5H3,(H,19,23). The van der Waals surface area contributed by atoms with Gasteiger partial charge in [-0.1, -0.05) is 0 Å². The maximum Gasteiger partial charge on any atom is 0.287 e. The van der Waals surface area contributed by atoms with Crippen LogP contribution in [0.2, 0.25) is 0 Å². The summed E-state index contributed by atoms with van der Waals surface area (Å²) >= 11 is 0. The minimum absolute atomic E-state index is 0.00243. The second-order valence-corrected chi connectivity index (χ2v) is 6.79. The zero-order chi connectivity index (χ0) is 18.7. The number of hydrogen-bond donors (Lipinski definition) is 1. The average Bonchev–Trinajstić information content (AvgIpc) is 2.92. The molecule has 25 heavy (non-hydrogen) atoms. The van der Waals surface area contributed by atoms with Crippen LogP contribution in [0.5, 0.6) is 0 Å². The molecule has 1 aliphatic rings. The molecule has 0 radical (unpaired) electrons. The highest BCUT2D eigenvalue weighted by Crippen LogP contribution is 2.19. The molecule has 1 aliphatic heterocycles. The van der Waals surface area contributed by atoms with Crippen molar-refractivity contribution in [2.75, 3.05) is 20.6 Å². The number of amides is 3. The molecular formula is C18H27N3O4. The summed E-state index contributed by atoms with van der Waals surface area (Å²) in [5.41, 5.74) is 0.787. The summed E-state index contributed by atoms with van der Waals surface area (Å²) in [5.74, 6) is 0.609. The van der Waals surface area contributed by atoms with Crippen LogP contribution in [0.25, 0.3) is 0 Å². The van der Waals surface area contributed by atoms with Gasteiger partial charge in [0.15, 0.2) is 5.76 Å². The molecule has 3 amide bonds. The summed E-state index contributed by atoms with van der Waals surface area (Å²) < 4.78 is 5.40. The highest BCUT2D eigenvalue weighted by molar-refractivity contribution is 5.93. The number of nitrogens with one attached hydrogen (secondary N) is 1. The fraction of sp³-hybridized carbons (Fsp3) is 0.611. The molecule has 7 nitrogen and oxygen atoms in total. The van der Waals surface area contributed by atoms with Gasteiger partial charge in [-0.25, -0.2) is 0 Å². The van der Waals surface area contributed by atoms with E-state index in [4.69, 9.17) is 4.42 Å². The molecule has 0 aromatic carbocycles. The number of nitrogens with zero attached hydrogens (tertiary/aromatic N) is 2. The lowest BCUT2D eigenvalue weighted by Gasteiger charge is -2.36. The molecule has 7 heteroatoms. The van der Waals surface area contributed by atoms with Crippen molar-refractivity contribution in [3.8, 4) is 0 Å². The fourth-order valence-electron chi connectivity index (χ4n) is 3.06. The fourth-order valence-corrected chi connectivity index (χ4v) is 3.06. The Hall–Kier alpha value is -2.31. The van der Waals surface area contributed by atoms with Crippen molar-refractivity contribution in [2.45, 2.75) is 52.1 Å². The number of carbonyl (C=O) groups is 3. The van der Waals surface area contributed by atoms with E-state index < -0.39 is 6.04 Å². The molecule has 1 N–H and O–H groups in total. The summed E-state index contributed by atoms with van der Waals surface area (Å²) in [5, 5.41) is 2.80. The Bertz CT molecular complexity index is 667. The van der Waals surface area contributed by atoms with Gasteiger partial charge >= 0.3 is 0 Å². The van der Waals surface area contributed by atoms with Crippen LogP contribution in [-0.4, -0.2) is 60.2 Å². The van der Waals surface area contributed by atoms with Crippen LogP contribution in [0.1, 0.15) is 48.1 Å². The molecule has 2 unspecified atom stereocenters. The van der Waals surface area contributed by atoms with Crippen molar-refractivity contribution in [3.63, 3.8) is 0 Å². The summed E-state index contributed by atoms with van der Waals surface area (Å²) in [6.45, 7) is 5.79. The van der Waals surface area contributed by atoms with Crippen LogP contribution in [0, 0.1) is 13.8 Å². The molecule has 1 aromatic heterocycles. The van der Waals surface area contributed by atoms with Gasteiger partial charge in [-0.15, -0.1) is 0 Å². The molecular weight excluding hydrogens is 322 g/mol. The summed E-state index contributed by atoms with van der Waals surface area (Å²) in [6, 6.07) is 1.20.